The second kappa shape index (κ2) is 8.67. The molecule has 0 saturated heterocycles. The van der Waals surface area contributed by atoms with E-state index in [1.807, 2.05) is 0 Å². The number of hydrogen-bond donors (Lipinski definition) is 1. The van der Waals surface area contributed by atoms with Crippen LogP contribution in [0.4, 0.5) is 0 Å². The van der Waals surface area contributed by atoms with Crippen molar-refractivity contribution >= 4 is 7.82 Å². The Labute approximate surface area is 213 Å². The Balaban J connectivity index is 2.33. The third-order valence-electron chi connectivity index (χ3n) is 6.76. The number of aryl methyl sites for hydroxylation is 2. The van der Waals surface area contributed by atoms with Gasteiger partial charge in [-0.15, -0.1) is 0 Å². The Bertz CT molecular complexity index is 1080. The van der Waals surface area contributed by atoms with Gasteiger partial charge in [0.15, 0.2) is 0 Å². The Kier molecular flexibility index (Phi) is 6.89. The summed E-state index contributed by atoms with van der Waals surface area (Å²) in [5, 5.41) is 0. The highest BCUT2D eigenvalue weighted by atomic mass is 31.2. The molecule has 0 aromatic heterocycles. The maximum atomic E-state index is 13.5. The fourth-order valence-corrected chi connectivity index (χ4v) is 5.39. The van der Waals surface area contributed by atoms with Crippen LogP contribution < -0.4 is 9.05 Å². The van der Waals surface area contributed by atoms with Crippen LogP contribution in [0.5, 0.6) is 11.5 Å². The molecule has 35 heavy (non-hydrogen) atoms. The minimum absolute atomic E-state index is 0.0659. The minimum atomic E-state index is -4.45. The number of phosphoric ester groups is 1. The predicted molar refractivity (Wildman–Crippen MR) is 146 cm³/mol. The highest BCUT2D eigenvalue weighted by molar-refractivity contribution is 7.48. The van der Waals surface area contributed by atoms with Crippen LogP contribution in [0.3, 0.4) is 0 Å². The predicted octanol–water partition coefficient (Wildman–Crippen LogP) is 8.53. The summed E-state index contributed by atoms with van der Waals surface area (Å²) in [7, 11) is -4.45. The largest absolute Gasteiger partial charge is 0.584 e. The van der Waals surface area contributed by atoms with Gasteiger partial charge in [-0.2, -0.15) is 0 Å². The normalized spacial score (nSPS) is 16.7. The number of benzene rings is 2. The van der Waals surface area contributed by atoms with Gasteiger partial charge in [-0.05, 0) is 56.8 Å². The van der Waals surface area contributed by atoms with Gasteiger partial charge in [0.25, 0.3) is 0 Å². The Morgan fingerprint density at radius 2 is 0.914 bits per heavy atom. The van der Waals surface area contributed by atoms with E-state index >= 15 is 0 Å². The first-order valence-electron chi connectivity index (χ1n) is 12.7. The van der Waals surface area contributed by atoms with Crippen molar-refractivity contribution in [2.24, 2.45) is 0 Å². The topological polar surface area (TPSA) is 55.8 Å². The zero-order valence-corrected chi connectivity index (χ0v) is 24.7. The lowest BCUT2D eigenvalue weighted by atomic mass is 9.77. The number of rotatable bonds is 0. The molecule has 1 N–H and O–H groups in total. The van der Waals surface area contributed by atoms with Crippen LogP contribution in [0.1, 0.15) is 116 Å². The molecule has 0 unspecified atom stereocenters. The monoisotopic (exact) mass is 500 g/mol. The quantitative estimate of drug-likeness (QED) is 0.368. The van der Waals surface area contributed by atoms with E-state index < -0.39 is 7.82 Å². The molecule has 2 aromatic rings. The van der Waals surface area contributed by atoms with Crippen LogP contribution in [0, 0.1) is 0 Å². The maximum Gasteiger partial charge on any atom is 0.584 e. The Hall–Kier alpha value is -1.77. The van der Waals surface area contributed by atoms with E-state index in [0.717, 1.165) is 22.3 Å². The van der Waals surface area contributed by atoms with Gasteiger partial charge >= 0.3 is 7.82 Å². The summed E-state index contributed by atoms with van der Waals surface area (Å²) in [5.74, 6) is 0.968. The molecule has 0 bridgehead atoms. The molecule has 1 aliphatic heterocycles. The molecule has 0 aliphatic carbocycles. The summed E-state index contributed by atoms with van der Waals surface area (Å²) in [4.78, 5) is 11.0. The summed E-state index contributed by atoms with van der Waals surface area (Å²) in [6.45, 7) is 25.8. The van der Waals surface area contributed by atoms with Crippen LogP contribution in [0.2, 0.25) is 0 Å². The number of fused-ring (bicyclic) bond motifs is 2. The van der Waals surface area contributed by atoms with E-state index in [-0.39, 0.29) is 21.7 Å². The average Bonchev–Trinajstić information content (AvgIpc) is 2.68. The van der Waals surface area contributed by atoms with Gasteiger partial charge in [0, 0.05) is 11.1 Å². The van der Waals surface area contributed by atoms with Crippen molar-refractivity contribution in [2.45, 2.75) is 118 Å². The summed E-state index contributed by atoms with van der Waals surface area (Å²) in [6, 6.07) is 8.55. The van der Waals surface area contributed by atoms with Gasteiger partial charge in [-0.3, -0.25) is 4.89 Å². The number of hydrogen-bond acceptors (Lipinski definition) is 3. The van der Waals surface area contributed by atoms with Crippen molar-refractivity contribution in [2.75, 3.05) is 0 Å². The van der Waals surface area contributed by atoms with Crippen LogP contribution in [-0.2, 0) is 39.1 Å². The molecule has 3 rings (SSSR count). The molecular formula is C30H45O4P. The lowest BCUT2D eigenvalue weighted by Crippen LogP contribution is -2.19. The number of phosphoric acid groups is 1. The first-order chi connectivity index (χ1) is 15.6. The molecule has 1 aliphatic rings. The highest BCUT2D eigenvalue weighted by Gasteiger charge is 2.37. The molecule has 0 fully saturated rings. The summed E-state index contributed by atoms with van der Waals surface area (Å²) < 4.78 is 25.4. The summed E-state index contributed by atoms with van der Waals surface area (Å²) in [6.07, 6.45) is 1.38. The van der Waals surface area contributed by atoms with E-state index in [1.54, 1.807) is 0 Å². The maximum absolute atomic E-state index is 13.5. The third-order valence-corrected chi connectivity index (χ3v) is 7.58. The SMILES string of the molecule is CC(C)(C)c1cc2c(c(C(C)(C)C)c1)OP(=O)(O)Oc1c(cc(C(C)(C)C)cc1C(C)(C)C)CC2. The standard InChI is InChI=1S/C30H45O4P/c1-27(2,3)21-15-19-13-14-20-16-22(28(4,5)6)18-24(30(10,11)12)26(20)34-35(31,32)33-25(19)23(17-21)29(7,8)9/h15-18H,13-14H2,1-12H3,(H,31,32). The molecule has 0 saturated carbocycles. The smallest absolute Gasteiger partial charge is 0.395 e. The molecule has 5 heteroatoms. The zero-order chi connectivity index (χ0) is 26.8. The van der Waals surface area contributed by atoms with Crippen LogP contribution in [0.25, 0.3) is 0 Å². The molecule has 1 heterocycles. The molecule has 0 atom stereocenters. The van der Waals surface area contributed by atoms with Gasteiger partial charge in [0.1, 0.15) is 11.5 Å². The highest BCUT2D eigenvalue weighted by Crippen LogP contribution is 2.53. The van der Waals surface area contributed by atoms with Crippen molar-refractivity contribution in [1.29, 1.82) is 0 Å². The van der Waals surface area contributed by atoms with Gasteiger partial charge in [0.2, 0.25) is 0 Å². The van der Waals surface area contributed by atoms with Gasteiger partial charge < -0.3 is 9.05 Å². The van der Waals surface area contributed by atoms with Crippen LogP contribution in [0.15, 0.2) is 24.3 Å². The van der Waals surface area contributed by atoms with Crippen LogP contribution >= 0.6 is 7.82 Å². The molecule has 2 aromatic carbocycles. The molecule has 0 spiro atoms. The lowest BCUT2D eigenvalue weighted by molar-refractivity contribution is 0.285. The molecular weight excluding hydrogens is 455 g/mol. The minimum Gasteiger partial charge on any atom is -0.395 e. The summed E-state index contributed by atoms with van der Waals surface area (Å²) in [5.41, 5.74) is 5.45. The van der Waals surface area contributed by atoms with Crippen molar-refractivity contribution in [3.63, 3.8) is 0 Å². The van der Waals surface area contributed by atoms with Crippen LogP contribution in [-0.4, -0.2) is 4.89 Å². The fraction of sp³-hybridized carbons (Fsp3) is 0.600. The average molecular weight is 501 g/mol. The Morgan fingerprint density at radius 1 is 0.600 bits per heavy atom. The fourth-order valence-electron chi connectivity index (χ4n) is 4.46. The van der Waals surface area contributed by atoms with Crippen molar-refractivity contribution in [3.8, 4) is 11.5 Å². The third kappa shape index (κ3) is 6.15. The van der Waals surface area contributed by atoms with Crippen molar-refractivity contribution in [1.82, 2.24) is 0 Å². The van der Waals surface area contributed by atoms with E-state index in [4.69, 9.17) is 9.05 Å². The van der Waals surface area contributed by atoms with Gasteiger partial charge in [0.05, 0.1) is 0 Å². The van der Waals surface area contributed by atoms with Crippen molar-refractivity contribution < 1.29 is 18.5 Å². The zero-order valence-electron chi connectivity index (χ0n) is 23.8. The van der Waals surface area contributed by atoms with E-state index in [1.165, 1.54) is 11.1 Å². The molecule has 194 valence electrons. The lowest BCUT2D eigenvalue weighted by Gasteiger charge is -2.30. The van der Waals surface area contributed by atoms with Gasteiger partial charge in [-0.25, -0.2) is 4.57 Å². The summed E-state index contributed by atoms with van der Waals surface area (Å²) >= 11 is 0. The molecule has 0 amide bonds. The second-order valence-electron chi connectivity index (χ2n) is 14.2. The first-order valence-corrected chi connectivity index (χ1v) is 14.2. The first kappa shape index (κ1) is 27.8. The molecule has 0 radical (unpaired) electrons. The van der Waals surface area contributed by atoms with Gasteiger partial charge in [-0.1, -0.05) is 107 Å². The second-order valence-corrected chi connectivity index (χ2v) is 15.5. The van der Waals surface area contributed by atoms with E-state index in [0.29, 0.717) is 24.3 Å². The Morgan fingerprint density at radius 3 is 1.17 bits per heavy atom. The van der Waals surface area contributed by atoms with E-state index in [9.17, 15) is 9.46 Å². The van der Waals surface area contributed by atoms with Crippen molar-refractivity contribution in [3.05, 3.63) is 57.6 Å². The van der Waals surface area contributed by atoms with E-state index in [2.05, 4.69) is 107 Å². The molecule has 4 nitrogen and oxygen atoms in total.